The Morgan fingerprint density at radius 3 is 1.73 bits per heavy atom. The highest BCUT2D eigenvalue weighted by Gasteiger charge is 2.50. The predicted octanol–water partition coefficient (Wildman–Crippen LogP) is 0.441. The van der Waals surface area contributed by atoms with E-state index in [9.17, 15) is 47.4 Å². The van der Waals surface area contributed by atoms with E-state index < -0.39 is 87.9 Å². The summed E-state index contributed by atoms with van der Waals surface area (Å²) in [4.78, 5) is 67.1. The molecule has 15 heteroatoms. The van der Waals surface area contributed by atoms with Crippen molar-refractivity contribution in [1.82, 2.24) is 0 Å². The van der Waals surface area contributed by atoms with E-state index >= 15 is 0 Å². The summed E-state index contributed by atoms with van der Waals surface area (Å²) in [6.45, 7) is 0. The van der Waals surface area contributed by atoms with Gasteiger partial charge in [-0.25, -0.2) is 8.42 Å². The molecule has 14 nitrogen and oxygen atoms in total. The Balaban J connectivity index is 1.65. The summed E-state index contributed by atoms with van der Waals surface area (Å²) < 4.78 is 34.6. The number of hydrogen-bond donors (Lipinski definition) is 4. The molecule has 0 aromatic rings. The first-order valence-electron chi connectivity index (χ1n) is 13.1. The number of carboxylic acids is 2. The van der Waals surface area contributed by atoms with E-state index in [1.54, 1.807) is 0 Å². The Morgan fingerprint density at radius 2 is 1.23 bits per heavy atom. The lowest BCUT2D eigenvalue weighted by Crippen LogP contribution is -2.50. The van der Waals surface area contributed by atoms with Gasteiger partial charge in [-0.3, -0.25) is 28.8 Å². The molecule has 0 amide bonds. The predicted molar refractivity (Wildman–Crippen MR) is 133 cm³/mol. The van der Waals surface area contributed by atoms with E-state index in [-0.39, 0.29) is 62.9 Å². The van der Waals surface area contributed by atoms with Crippen LogP contribution < -0.4 is 0 Å². The molecule has 0 radical (unpaired) electrons. The number of esters is 2. The Labute approximate surface area is 230 Å². The number of hydrogen-bond acceptors (Lipinski definition) is 12. The number of rotatable bonds is 17. The van der Waals surface area contributed by atoms with Crippen LogP contribution in [0.5, 0.6) is 0 Å². The first-order valence-corrected chi connectivity index (χ1v) is 14.7. The van der Waals surface area contributed by atoms with Crippen LogP contribution in [0.2, 0.25) is 0 Å². The molecule has 0 bridgehead atoms. The van der Waals surface area contributed by atoms with Gasteiger partial charge in [0.1, 0.15) is 23.8 Å². The second kappa shape index (κ2) is 14.1. The lowest BCUT2D eigenvalue weighted by molar-refractivity contribution is -0.174. The average Bonchev–Trinajstić information content (AvgIpc) is 2.76. The van der Waals surface area contributed by atoms with E-state index in [4.69, 9.17) is 19.7 Å². The number of ether oxygens (including phenoxy) is 2. The van der Waals surface area contributed by atoms with Crippen LogP contribution in [0.25, 0.3) is 0 Å². The fourth-order valence-electron chi connectivity index (χ4n) is 5.02. The van der Waals surface area contributed by atoms with Crippen molar-refractivity contribution < 1.29 is 67.1 Å². The summed E-state index contributed by atoms with van der Waals surface area (Å²) in [5.41, 5.74) is -1.67. The van der Waals surface area contributed by atoms with Gasteiger partial charge in [0.05, 0.1) is 24.9 Å². The zero-order valence-corrected chi connectivity index (χ0v) is 22.9. The SMILES string of the molecule is O=C(O)CC1(O)CC(=O)OC(CCCC(=O)CCCC(=O)CCCC2CC(O)(S(=O)(=O)CC(=O)O)CC(=O)O2)C1. The molecule has 2 heterocycles. The number of carboxylic acid groups (broad SMARTS) is 2. The van der Waals surface area contributed by atoms with Gasteiger partial charge in [-0.05, 0) is 32.1 Å². The van der Waals surface area contributed by atoms with Crippen LogP contribution >= 0.6 is 0 Å². The van der Waals surface area contributed by atoms with Crippen LogP contribution in [0, 0.1) is 0 Å². The minimum Gasteiger partial charge on any atom is -0.481 e. The molecular weight excluding hydrogens is 556 g/mol. The van der Waals surface area contributed by atoms with Gasteiger partial charge in [0.2, 0.25) is 0 Å². The number of carbonyl (C=O) groups excluding carboxylic acids is 4. The molecule has 4 atom stereocenters. The lowest BCUT2D eigenvalue weighted by atomic mass is 9.85. The highest BCUT2D eigenvalue weighted by Crippen LogP contribution is 2.34. The number of ketones is 2. The average molecular weight is 593 g/mol. The number of Topliss-reactive ketones (excluding diaryl/α,β-unsaturated/α-hetero) is 2. The second-order valence-electron chi connectivity index (χ2n) is 10.6. The molecule has 2 fully saturated rings. The molecule has 0 spiro atoms. The van der Waals surface area contributed by atoms with Crippen LogP contribution in [0.1, 0.15) is 89.9 Å². The summed E-state index contributed by atoms with van der Waals surface area (Å²) in [6, 6.07) is 0. The molecule has 0 aliphatic carbocycles. The summed E-state index contributed by atoms with van der Waals surface area (Å²) in [5.74, 6) is -6.14. The third-order valence-corrected chi connectivity index (χ3v) is 8.99. The van der Waals surface area contributed by atoms with Crippen LogP contribution in [0.15, 0.2) is 0 Å². The van der Waals surface area contributed by atoms with Crippen molar-refractivity contribution in [3.05, 3.63) is 0 Å². The van der Waals surface area contributed by atoms with Gasteiger partial charge in [-0.2, -0.15) is 0 Å². The van der Waals surface area contributed by atoms with Crippen molar-refractivity contribution >= 4 is 45.3 Å². The number of aliphatic carboxylic acids is 2. The molecule has 2 aliphatic heterocycles. The molecule has 2 rings (SSSR count). The fourth-order valence-corrected chi connectivity index (χ4v) is 6.39. The number of carbonyl (C=O) groups is 6. The molecule has 0 aromatic carbocycles. The van der Waals surface area contributed by atoms with Gasteiger partial charge in [0, 0.05) is 38.5 Å². The van der Waals surface area contributed by atoms with Crippen LogP contribution in [0.4, 0.5) is 0 Å². The van der Waals surface area contributed by atoms with E-state index in [1.807, 2.05) is 0 Å². The standard InChI is InChI=1S/C25H36O14S/c26-16(6-2-8-18-10-24(34,12-20(28)29)13-22(32)38-18)4-1-5-17(27)7-3-9-19-11-25(35,14-23(33)39-19)40(36,37)15-21(30)31/h18-19,34-35H,1-15H2,(H,28,29)(H,30,31). The van der Waals surface area contributed by atoms with Gasteiger partial charge < -0.3 is 29.9 Å². The smallest absolute Gasteiger partial charge is 0.318 e. The third-order valence-electron chi connectivity index (χ3n) is 6.89. The van der Waals surface area contributed by atoms with E-state index in [0.717, 1.165) is 0 Å². The Bertz CT molecular complexity index is 1090. The molecule has 40 heavy (non-hydrogen) atoms. The lowest BCUT2D eigenvalue weighted by Gasteiger charge is -2.35. The quantitative estimate of drug-likeness (QED) is 0.168. The number of aliphatic hydroxyl groups is 2. The van der Waals surface area contributed by atoms with Gasteiger partial charge in [0.25, 0.3) is 0 Å². The Hall–Kier alpha value is -2.91. The van der Waals surface area contributed by atoms with Crippen molar-refractivity contribution in [2.75, 3.05) is 5.75 Å². The van der Waals surface area contributed by atoms with Crippen LogP contribution in [-0.2, 0) is 48.1 Å². The normalized spacial score (nSPS) is 26.9. The maximum atomic E-state index is 12.2. The zero-order valence-electron chi connectivity index (χ0n) is 22.0. The number of cyclic esters (lactones) is 2. The fraction of sp³-hybridized carbons (Fsp3) is 0.760. The largest absolute Gasteiger partial charge is 0.481 e. The summed E-state index contributed by atoms with van der Waals surface area (Å²) >= 11 is 0. The molecule has 2 aliphatic rings. The van der Waals surface area contributed by atoms with Crippen molar-refractivity contribution in [2.24, 2.45) is 0 Å². The first-order chi connectivity index (χ1) is 18.5. The summed E-state index contributed by atoms with van der Waals surface area (Å²) in [5, 5.41) is 38.5. The molecule has 0 saturated carbocycles. The monoisotopic (exact) mass is 592 g/mol. The number of sulfone groups is 1. The van der Waals surface area contributed by atoms with Crippen molar-refractivity contribution in [1.29, 1.82) is 0 Å². The van der Waals surface area contributed by atoms with Crippen molar-refractivity contribution in [2.45, 2.75) is 113 Å². The van der Waals surface area contributed by atoms with Crippen LogP contribution in [0.3, 0.4) is 0 Å². The van der Waals surface area contributed by atoms with E-state index in [2.05, 4.69) is 0 Å². The Kier molecular flexibility index (Phi) is 11.8. The molecule has 2 saturated heterocycles. The molecule has 0 aromatic heterocycles. The molecule has 4 unspecified atom stereocenters. The molecule has 226 valence electrons. The van der Waals surface area contributed by atoms with Gasteiger partial charge in [-0.1, -0.05) is 0 Å². The van der Waals surface area contributed by atoms with Crippen molar-refractivity contribution in [3.63, 3.8) is 0 Å². The Morgan fingerprint density at radius 1 is 0.750 bits per heavy atom. The highest BCUT2D eigenvalue weighted by molar-refractivity contribution is 7.93. The van der Waals surface area contributed by atoms with E-state index in [0.29, 0.717) is 12.8 Å². The molecule has 4 N–H and O–H groups in total. The van der Waals surface area contributed by atoms with Crippen LogP contribution in [-0.4, -0.2) is 92.8 Å². The van der Waals surface area contributed by atoms with Gasteiger partial charge in [-0.15, -0.1) is 0 Å². The van der Waals surface area contributed by atoms with Crippen molar-refractivity contribution in [3.8, 4) is 0 Å². The zero-order chi connectivity index (χ0) is 30.1. The van der Waals surface area contributed by atoms with Gasteiger partial charge in [0.15, 0.2) is 20.5 Å². The summed E-state index contributed by atoms with van der Waals surface area (Å²) in [6.07, 6.45) is -2.24. The van der Waals surface area contributed by atoms with Gasteiger partial charge >= 0.3 is 23.9 Å². The van der Waals surface area contributed by atoms with E-state index in [1.165, 1.54) is 0 Å². The maximum absolute atomic E-state index is 12.2. The first kappa shape index (κ1) is 33.3. The minimum absolute atomic E-state index is 0.0226. The molecular formula is C25H36O14S. The highest BCUT2D eigenvalue weighted by atomic mass is 32.2. The second-order valence-corrected chi connectivity index (χ2v) is 12.9. The third kappa shape index (κ3) is 10.6. The minimum atomic E-state index is -4.53. The topological polar surface area (TPSA) is 236 Å². The maximum Gasteiger partial charge on any atom is 0.318 e. The summed E-state index contributed by atoms with van der Waals surface area (Å²) in [7, 11) is -4.53.